The van der Waals surface area contributed by atoms with E-state index in [9.17, 15) is 0 Å². The van der Waals surface area contributed by atoms with E-state index in [1.54, 1.807) is 0 Å². The Morgan fingerprint density at radius 3 is 2.93 bits per heavy atom. The molecule has 2 saturated heterocycles. The molecule has 0 amide bonds. The predicted octanol–water partition coefficient (Wildman–Crippen LogP) is 0.215. The van der Waals surface area contributed by atoms with Crippen LogP contribution in [0.4, 0.5) is 0 Å². The minimum atomic E-state index is 0.353. The summed E-state index contributed by atoms with van der Waals surface area (Å²) >= 11 is 0. The lowest BCUT2D eigenvalue weighted by Crippen LogP contribution is -2.52. The van der Waals surface area contributed by atoms with Gasteiger partial charge in [-0.3, -0.25) is 4.90 Å². The van der Waals surface area contributed by atoms with E-state index in [0.717, 1.165) is 45.8 Å². The molecule has 2 N–H and O–H groups in total. The molecule has 0 radical (unpaired) electrons. The Balaban J connectivity index is 1.48. The monoisotopic (exact) mass is 214 g/mol. The van der Waals surface area contributed by atoms with Crippen LogP contribution in [0.5, 0.6) is 0 Å². The molecular formula is C11H22N2O2. The third-order valence-electron chi connectivity index (χ3n) is 3.37. The van der Waals surface area contributed by atoms with Crippen molar-refractivity contribution < 1.29 is 9.47 Å². The molecule has 0 aromatic rings. The van der Waals surface area contributed by atoms with E-state index in [-0.39, 0.29) is 0 Å². The fourth-order valence-corrected chi connectivity index (χ4v) is 2.22. The molecular weight excluding hydrogens is 192 g/mol. The van der Waals surface area contributed by atoms with E-state index in [4.69, 9.17) is 15.2 Å². The second-order valence-electron chi connectivity index (χ2n) is 4.42. The van der Waals surface area contributed by atoms with Gasteiger partial charge in [-0.25, -0.2) is 0 Å². The third kappa shape index (κ3) is 3.14. The molecule has 2 unspecified atom stereocenters. The van der Waals surface area contributed by atoms with Crippen molar-refractivity contribution >= 4 is 0 Å². The van der Waals surface area contributed by atoms with Gasteiger partial charge in [-0.05, 0) is 19.3 Å². The van der Waals surface area contributed by atoms with Crippen LogP contribution < -0.4 is 5.73 Å². The molecule has 4 heteroatoms. The van der Waals surface area contributed by atoms with Gasteiger partial charge in [0.25, 0.3) is 0 Å². The van der Waals surface area contributed by atoms with E-state index in [1.807, 2.05) is 0 Å². The summed E-state index contributed by atoms with van der Waals surface area (Å²) in [6, 6.07) is 0.639. The molecule has 0 bridgehead atoms. The predicted molar refractivity (Wildman–Crippen MR) is 58.8 cm³/mol. The molecule has 2 rings (SSSR count). The highest BCUT2D eigenvalue weighted by atomic mass is 16.5. The Morgan fingerprint density at radius 1 is 1.40 bits per heavy atom. The molecule has 0 spiro atoms. The van der Waals surface area contributed by atoms with Gasteiger partial charge in [-0.1, -0.05) is 0 Å². The summed E-state index contributed by atoms with van der Waals surface area (Å²) in [6.07, 6.45) is 3.81. The minimum absolute atomic E-state index is 0.353. The lowest BCUT2D eigenvalue weighted by molar-refractivity contribution is 0.0267. The summed E-state index contributed by atoms with van der Waals surface area (Å²) in [5.74, 6) is 0. The van der Waals surface area contributed by atoms with Crippen molar-refractivity contribution in [2.24, 2.45) is 5.73 Å². The van der Waals surface area contributed by atoms with Crippen LogP contribution >= 0.6 is 0 Å². The molecule has 0 saturated carbocycles. The van der Waals surface area contributed by atoms with Crippen LogP contribution in [0, 0.1) is 0 Å². The van der Waals surface area contributed by atoms with E-state index in [2.05, 4.69) is 4.90 Å². The van der Waals surface area contributed by atoms with Crippen LogP contribution in [-0.4, -0.2) is 56.5 Å². The first-order chi connectivity index (χ1) is 7.40. The van der Waals surface area contributed by atoms with Gasteiger partial charge in [-0.15, -0.1) is 0 Å². The third-order valence-corrected chi connectivity index (χ3v) is 3.37. The van der Waals surface area contributed by atoms with Gasteiger partial charge < -0.3 is 15.2 Å². The Morgan fingerprint density at radius 2 is 2.33 bits per heavy atom. The first-order valence-corrected chi connectivity index (χ1v) is 6.03. The Hall–Kier alpha value is -0.160. The lowest BCUT2D eigenvalue weighted by Gasteiger charge is -2.40. The van der Waals surface area contributed by atoms with Crippen LogP contribution in [0.15, 0.2) is 0 Å². The quantitative estimate of drug-likeness (QED) is 0.642. The first-order valence-electron chi connectivity index (χ1n) is 6.03. The molecule has 15 heavy (non-hydrogen) atoms. The standard InChI is InChI=1S/C11H22N2O2/c12-8-10-2-5-13(10)4-1-6-15-11-3-7-14-9-11/h10-11H,1-9,12H2. The highest BCUT2D eigenvalue weighted by Crippen LogP contribution is 2.16. The largest absolute Gasteiger partial charge is 0.379 e. The summed E-state index contributed by atoms with van der Waals surface area (Å²) < 4.78 is 11.0. The Bertz CT molecular complexity index is 181. The molecule has 2 aliphatic rings. The number of hydrogen-bond acceptors (Lipinski definition) is 4. The second-order valence-corrected chi connectivity index (χ2v) is 4.42. The fraction of sp³-hybridized carbons (Fsp3) is 1.00. The number of ether oxygens (including phenoxy) is 2. The Labute approximate surface area is 91.7 Å². The number of hydrogen-bond donors (Lipinski definition) is 1. The zero-order valence-electron chi connectivity index (χ0n) is 9.36. The van der Waals surface area contributed by atoms with Crippen molar-refractivity contribution in [1.29, 1.82) is 0 Å². The van der Waals surface area contributed by atoms with E-state index in [1.165, 1.54) is 13.0 Å². The topological polar surface area (TPSA) is 47.7 Å². The van der Waals surface area contributed by atoms with Crippen molar-refractivity contribution in [2.75, 3.05) is 39.5 Å². The van der Waals surface area contributed by atoms with Crippen molar-refractivity contribution in [1.82, 2.24) is 4.90 Å². The second kappa shape index (κ2) is 5.80. The van der Waals surface area contributed by atoms with Crippen LogP contribution in [0.1, 0.15) is 19.3 Å². The zero-order valence-corrected chi connectivity index (χ0v) is 9.36. The van der Waals surface area contributed by atoms with Gasteiger partial charge in [0, 0.05) is 38.9 Å². The lowest BCUT2D eigenvalue weighted by atomic mass is 10.0. The summed E-state index contributed by atoms with van der Waals surface area (Å²) in [6.45, 7) is 5.67. The van der Waals surface area contributed by atoms with E-state index in [0.29, 0.717) is 12.1 Å². The van der Waals surface area contributed by atoms with Gasteiger partial charge in [0.05, 0.1) is 12.7 Å². The average molecular weight is 214 g/mol. The number of rotatable bonds is 6. The molecule has 2 atom stereocenters. The van der Waals surface area contributed by atoms with Gasteiger partial charge >= 0.3 is 0 Å². The van der Waals surface area contributed by atoms with Crippen LogP contribution in [0.3, 0.4) is 0 Å². The SMILES string of the molecule is NCC1CCN1CCCOC1CCOC1. The number of nitrogens with two attached hydrogens (primary N) is 1. The van der Waals surface area contributed by atoms with Crippen molar-refractivity contribution in [2.45, 2.75) is 31.4 Å². The molecule has 88 valence electrons. The maximum atomic E-state index is 5.71. The van der Waals surface area contributed by atoms with Gasteiger partial charge in [0.2, 0.25) is 0 Å². The van der Waals surface area contributed by atoms with Crippen molar-refractivity contribution in [3.8, 4) is 0 Å². The van der Waals surface area contributed by atoms with Gasteiger partial charge in [0.15, 0.2) is 0 Å². The molecule has 0 aromatic heterocycles. The van der Waals surface area contributed by atoms with E-state index < -0.39 is 0 Å². The summed E-state index contributed by atoms with van der Waals surface area (Å²) in [5, 5.41) is 0. The minimum Gasteiger partial charge on any atom is -0.379 e. The summed E-state index contributed by atoms with van der Waals surface area (Å²) in [5.41, 5.74) is 5.64. The maximum Gasteiger partial charge on any atom is 0.0830 e. The number of likely N-dealkylation sites (tertiary alicyclic amines) is 1. The molecule has 0 aliphatic carbocycles. The molecule has 2 aliphatic heterocycles. The summed E-state index contributed by atoms with van der Waals surface area (Å²) in [4.78, 5) is 2.45. The highest BCUT2D eigenvalue weighted by Gasteiger charge is 2.25. The molecule has 2 fully saturated rings. The van der Waals surface area contributed by atoms with E-state index >= 15 is 0 Å². The average Bonchev–Trinajstić information content (AvgIpc) is 2.69. The van der Waals surface area contributed by atoms with Crippen molar-refractivity contribution in [3.63, 3.8) is 0 Å². The highest BCUT2D eigenvalue weighted by molar-refractivity contribution is 4.82. The smallest absolute Gasteiger partial charge is 0.0830 e. The Kier molecular flexibility index (Phi) is 4.38. The summed E-state index contributed by atoms with van der Waals surface area (Å²) in [7, 11) is 0. The van der Waals surface area contributed by atoms with Crippen LogP contribution in [-0.2, 0) is 9.47 Å². The van der Waals surface area contributed by atoms with Crippen LogP contribution in [0.25, 0.3) is 0 Å². The van der Waals surface area contributed by atoms with Crippen LogP contribution in [0.2, 0.25) is 0 Å². The van der Waals surface area contributed by atoms with Gasteiger partial charge in [0.1, 0.15) is 0 Å². The maximum absolute atomic E-state index is 5.71. The van der Waals surface area contributed by atoms with Crippen molar-refractivity contribution in [3.05, 3.63) is 0 Å². The normalized spacial score (nSPS) is 31.8. The molecule has 0 aromatic carbocycles. The zero-order chi connectivity index (χ0) is 10.5. The first kappa shape index (κ1) is 11.3. The van der Waals surface area contributed by atoms with Gasteiger partial charge in [-0.2, -0.15) is 0 Å². The number of nitrogens with zero attached hydrogens (tertiary/aromatic N) is 1. The fourth-order valence-electron chi connectivity index (χ4n) is 2.22. The molecule has 2 heterocycles. The molecule has 4 nitrogen and oxygen atoms in total.